The molecular weight excluding hydrogens is 228 g/mol. The standard InChI is InChI=1S/C10H14N2O5/c1-5-9(8(16)6(14)4-13)17-10-11-7(15)2-3-12(5)10/h2-3,5-6,8-9,13-14,16H,4H2,1H3/t5-,6-,8?,9?/m1/s1. The molecule has 94 valence electrons. The smallest absolute Gasteiger partial charge is 0.300 e. The van der Waals surface area contributed by atoms with Gasteiger partial charge in [-0.3, -0.25) is 9.36 Å². The van der Waals surface area contributed by atoms with E-state index in [0.717, 1.165) is 0 Å². The van der Waals surface area contributed by atoms with Gasteiger partial charge in [0.15, 0.2) is 6.10 Å². The van der Waals surface area contributed by atoms with Crippen LogP contribution in [0.15, 0.2) is 17.1 Å². The van der Waals surface area contributed by atoms with E-state index < -0.39 is 30.5 Å². The molecule has 0 radical (unpaired) electrons. The number of ether oxygens (including phenoxy) is 1. The molecule has 2 rings (SSSR count). The molecule has 1 aromatic heterocycles. The van der Waals surface area contributed by atoms with Crippen molar-refractivity contribution < 1.29 is 20.1 Å². The van der Waals surface area contributed by atoms with Crippen LogP contribution in [0.4, 0.5) is 0 Å². The Balaban J connectivity index is 2.25. The van der Waals surface area contributed by atoms with E-state index in [0.29, 0.717) is 0 Å². The van der Waals surface area contributed by atoms with Gasteiger partial charge in [0.05, 0.1) is 12.6 Å². The average Bonchev–Trinajstić information content (AvgIpc) is 2.64. The second-order valence-corrected chi connectivity index (χ2v) is 4.02. The van der Waals surface area contributed by atoms with Gasteiger partial charge in [0.25, 0.3) is 11.6 Å². The van der Waals surface area contributed by atoms with Gasteiger partial charge in [-0.05, 0) is 6.92 Å². The van der Waals surface area contributed by atoms with Crippen molar-refractivity contribution >= 4 is 0 Å². The molecule has 1 aliphatic rings. The number of rotatable bonds is 3. The van der Waals surface area contributed by atoms with Gasteiger partial charge in [0, 0.05) is 12.3 Å². The van der Waals surface area contributed by atoms with Crippen LogP contribution in [0.25, 0.3) is 0 Å². The van der Waals surface area contributed by atoms with E-state index >= 15 is 0 Å². The van der Waals surface area contributed by atoms with E-state index in [2.05, 4.69) is 4.98 Å². The topological polar surface area (TPSA) is 105 Å². The van der Waals surface area contributed by atoms with Crippen molar-refractivity contribution in [3.8, 4) is 6.01 Å². The van der Waals surface area contributed by atoms with Gasteiger partial charge in [0.1, 0.15) is 12.2 Å². The van der Waals surface area contributed by atoms with E-state index in [1.807, 2.05) is 0 Å². The van der Waals surface area contributed by atoms with Crippen LogP contribution >= 0.6 is 0 Å². The summed E-state index contributed by atoms with van der Waals surface area (Å²) in [5.41, 5.74) is -0.429. The van der Waals surface area contributed by atoms with Crippen molar-refractivity contribution in [3.05, 3.63) is 22.6 Å². The molecule has 0 amide bonds. The fourth-order valence-corrected chi connectivity index (χ4v) is 1.85. The molecule has 0 fully saturated rings. The highest BCUT2D eigenvalue weighted by Gasteiger charge is 2.39. The Bertz CT molecular complexity index is 460. The fourth-order valence-electron chi connectivity index (χ4n) is 1.85. The van der Waals surface area contributed by atoms with Crippen molar-refractivity contribution in [3.63, 3.8) is 0 Å². The van der Waals surface area contributed by atoms with E-state index in [-0.39, 0.29) is 12.1 Å². The molecule has 0 saturated carbocycles. The zero-order valence-corrected chi connectivity index (χ0v) is 9.22. The van der Waals surface area contributed by atoms with Crippen LogP contribution in [0.5, 0.6) is 6.01 Å². The zero-order chi connectivity index (χ0) is 12.6. The first-order valence-electron chi connectivity index (χ1n) is 5.27. The Hall–Kier alpha value is -1.44. The molecule has 2 heterocycles. The summed E-state index contributed by atoms with van der Waals surface area (Å²) in [7, 11) is 0. The summed E-state index contributed by atoms with van der Waals surface area (Å²) in [6.07, 6.45) is -1.75. The molecule has 0 saturated heterocycles. The molecular formula is C10H14N2O5. The maximum absolute atomic E-state index is 11.0. The summed E-state index contributed by atoms with van der Waals surface area (Å²) in [6, 6.07) is 1.12. The summed E-state index contributed by atoms with van der Waals surface area (Å²) in [6.45, 7) is 1.20. The molecule has 4 atom stereocenters. The van der Waals surface area contributed by atoms with E-state index in [1.165, 1.54) is 12.3 Å². The monoisotopic (exact) mass is 242 g/mol. The lowest BCUT2D eigenvalue weighted by molar-refractivity contribution is -0.0690. The van der Waals surface area contributed by atoms with Crippen molar-refractivity contribution in [2.75, 3.05) is 6.61 Å². The van der Waals surface area contributed by atoms with Crippen LogP contribution in [-0.2, 0) is 0 Å². The van der Waals surface area contributed by atoms with Gasteiger partial charge in [-0.1, -0.05) is 0 Å². The number of nitrogens with zero attached hydrogens (tertiary/aromatic N) is 2. The molecule has 1 aromatic rings. The summed E-state index contributed by atoms with van der Waals surface area (Å²) >= 11 is 0. The first-order chi connectivity index (χ1) is 8.04. The number of hydrogen-bond donors (Lipinski definition) is 3. The van der Waals surface area contributed by atoms with Gasteiger partial charge in [-0.2, -0.15) is 4.98 Å². The molecule has 3 N–H and O–H groups in total. The van der Waals surface area contributed by atoms with Crippen LogP contribution in [-0.4, -0.2) is 49.8 Å². The molecule has 17 heavy (non-hydrogen) atoms. The summed E-state index contributed by atoms with van der Waals surface area (Å²) in [5.74, 6) is 0. The molecule has 7 nitrogen and oxygen atoms in total. The predicted molar refractivity (Wildman–Crippen MR) is 56.7 cm³/mol. The molecule has 0 bridgehead atoms. The Labute approximate surface area is 96.9 Å². The Morgan fingerprint density at radius 1 is 1.59 bits per heavy atom. The molecule has 7 heteroatoms. The van der Waals surface area contributed by atoms with Crippen molar-refractivity contribution in [2.24, 2.45) is 0 Å². The highest BCUT2D eigenvalue weighted by atomic mass is 16.5. The van der Waals surface area contributed by atoms with E-state index in [1.54, 1.807) is 11.5 Å². The van der Waals surface area contributed by atoms with Gasteiger partial charge >= 0.3 is 0 Å². The third-order valence-electron chi connectivity index (χ3n) is 2.88. The summed E-state index contributed by atoms with van der Waals surface area (Å²) < 4.78 is 6.91. The van der Waals surface area contributed by atoms with Crippen LogP contribution in [0, 0.1) is 0 Å². The van der Waals surface area contributed by atoms with Gasteiger partial charge in [-0.25, -0.2) is 0 Å². The van der Waals surface area contributed by atoms with Crippen molar-refractivity contribution in [2.45, 2.75) is 31.3 Å². The predicted octanol–water partition coefficient (Wildman–Crippen LogP) is -1.72. The average molecular weight is 242 g/mol. The number of aliphatic hydroxyl groups is 3. The van der Waals surface area contributed by atoms with Crippen molar-refractivity contribution in [1.29, 1.82) is 0 Å². The third kappa shape index (κ3) is 2.04. The minimum absolute atomic E-state index is 0.110. The summed E-state index contributed by atoms with van der Waals surface area (Å²) in [4.78, 5) is 14.7. The van der Waals surface area contributed by atoms with Crippen molar-refractivity contribution in [1.82, 2.24) is 9.55 Å². The van der Waals surface area contributed by atoms with Gasteiger partial charge < -0.3 is 20.1 Å². The minimum Gasteiger partial charge on any atom is -0.456 e. The molecule has 2 unspecified atom stereocenters. The van der Waals surface area contributed by atoms with Gasteiger partial charge in [-0.15, -0.1) is 0 Å². The van der Waals surface area contributed by atoms with Gasteiger partial charge in [0.2, 0.25) is 0 Å². The second-order valence-electron chi connectivity index (χ2n) is 4.02. The minimum atomic E-state index is -1.29. The highest BCUT2D eigenvalue weighted by Crippen LogP contribution is 2.30. The van der Waals surface area contributed by atoms with E-state index in [9.17, 15) is 15.0 Å². The first-order valence-corrected chi connectivity index (χ1v) is 5.27. The Kier molecular flexibility index (Phi) is 3.14. The molecule has 0 spiro atoms. The van der Waals surface area contributed by atoms with Crippen LogP contribution in [0.3, 0.4) is 0 Å². The Morgan fingerprint density at radius 2 is 2.29 bits per heavy atom. The summed E-state index contributed by atoms with van der Waals surface area (Å²) in [5, 5.41) is 27.9. The van der Waals surface area contributed by atoms with Crippen LogP contribution < -0.4 is 10.3 Å². The molecule has 1 aliphatic heterocycles. The number of aliphatic hydroxyl groups excluding tert-OH is 3. The lowest BCUT2D eigenvalue weighted by Gasteiger charge is -2.24. The quantitative estimate of drug-likeness (QED) is 0.582. The van der Waals surface area contributed by atoms with E-state index in [4.69, 9.17) is 9.84 Å². The maximum Gasteiger partial charge on any atom is 0.300 e. The first kappa shape index (κ1) is 12.0. The number of aromatic nitrogens is 2. The van der Waals surface area contributed by atoms with Crippen LogP contribution in [0.2, 0.25) is 0 Å². The lowest BCUT2D eigenvalue weighted by atomic mass is 10.0. The molecule has 0 aromatic carbocycles. The largest absolute Gasteiger partial charge is 0.456 e. The lowest BCUT2D eigenvalue weighted by Crippen LogP contribution is -2.43. The second kappa shape index (κ2) is 4.44. The van der Waals surface area contributed by atoms with Crippen LogP contribution in [0.1, 0.15) is 13.0 Å². The number of fused-ring (bicyclic) bond motifs is 1. The highest BCUT2D eigenvalue weighted by molar-refractivity contribution is 5.09. The SMILES string of the molecule is C[C@@H]1C(C(O)[C@H](O)CO)Oc2nc(=O)ccn21. The maximum atomic E-state index is 11.0. The fraction of sp³-hybridized carbons (Fsp3) is 0.600. The number of hydrogen-bond acceptors (Lipinski definition) is 6. The third-order valence-corrected chi connectivity index (χ3v) is 2.88. The zero-order valence-electron chi connectivity index (χ0n) is 9.22. The normalized spacial score (nSPS) is 26.1. The molecule has 0 aliphatic carbocycles. The Morgan fingerprint density at radius 3 is 2.94 bits per heavy atom.